The van der Waals surface area contributed by atoms with Crippen LogP contribution in [0.2, 0.25) is 0 Å². The molecular weight excluding hydrogens is 862 g/mol. The van der Waals surface area contributed by atoms with Crippen molar-refractivity contribution in [3.8, 4) is 45.3 Å². The summed E-state index contributed by atoms with van der Waals surface area (Å²) in [6, 6.07) is 72.4. The molecule has 2 nitrogen and oxygen atoms in total. The summed E-state index contributed by atoms with van der Waals surface area (Å²) in [4.78, 5) is 0. The van der Waals surface area contributed by atoms with Crippen molar-refractivity contribution >= 4 is 107 Å². The topological polar surface area (TPSA) is 18.5 Å². The molecule has 11 aromatic rings. The molecule has 0 aromatic heterocycles. The van der Waals surface area contributed by atoms with Crippen LogP contribution in [-0.2, 0) is 0 Å². The van der Waals surface area contributed by atoms with Gasteiger partial charge in [-0.15, -0.1) is 0 Å². The molecule has 0 unspecified atom stereocenters. The molecule has 330 valence electrons. The lowest BCUT2D eigenvalue weighted by molar-refractivity contribution is 0.486. The first kappa shape index (κ1) is 40.3. The molecule has 0 spiro atoms. The molecule has 0 saturated heterocycles. The molecule has 11 aromatic carbocycles. The summed E-state index contributed by atoms with van der Waals surface area (Å²) < 4.78 is 14.1. The number of ether oxygens (including phenoxy) is 2. The first-order valence-corrected chi connectivity index (χ1v) is 27.2. The van der Waals surface area contributed by atoms with Gasteiger partial charge in [-0.25, -0.2) is 0 Å². The molecule has 0 N–H and O–H groups in total. The fourth-order valence-electron chi connectivity index (χ4n) is 13.7. The van der Waals surface area contributed by atoms with Crippen LogP contribution in [0.4, 0.5) is 0 Å². The van der Waals surface area contributed by atoms with E-state index >= 15 is 0 Å². The third-order valence-electron chi connectivity index (χ3n) is 16.7. The van der Waals surface area contributed by atoms with Gasteiger partial charge in [0.05, 0.1) is 0 Å². The molecule has 0 amide bonds. The molecule has 0 bridgehead atoms. The van der Waals surface area contributed by atoms with Gasteiger partial charge in [0.2, 0.25) is 0 Å². The maximum atomic E-state index is 7.07. The highest BCUT2D eigenvalue weighted by atomic mass is 28.3. The molecule has 15 rings (SSSR count). The van der Waals surface area contributed by atoms with Crippen molar-refractivity contribution in [2.75, 3.05) is 0 Å². The molecule has 4 aliphatic heterocycles. The second-order valence-corrected chi connectivity index (χ2v) is 24.8. The summed E-state index contributed by atoms with van der Waals surface area (Å²) in [6.45, 7) is 11.6. The average Bonchev–Trinajstić information content (AvgIpc) is 3.39. The summed E-state index contributed by atoms with van der Waals surface area (Å²) in [5.74, 6) is 4.51. The van der Waals surface area contributed by atoms with E-state index in [9.17, 15) is 0 Å². The predicted octanol–water partition coefficient (Wildman–Crippen LogP) is 9.72. The normalized spacial score (nSPS) is 13.6. The van der Waals surface area contributed by atoms with E-state index in [1.54, 1.807) is 0 Å². The van der Waals surface area contributed by atoms with Crippen LogP contribution in [0.25, 0.3) is 54.6 Å². The number of benzene rings is 11. The lowest BCUT2D eigenvalue weighted by Gasteiger charge is -2.40. The highest BCUT2D eigenvalue weighted by Crippen LogP contribution is 2.48. The van der Waals surface area contributed by atoms with E-state index in [0.29, 0.717) is 11.8 Å². The molecule has 4 aliphatic rings. The van der Waals surface area contributed by atoms with E-state index in [2.05, 4.69) is 223 Å². The Balaban J connectivity index is 1.22. The lowest BCUT2D eigenvalue weighted by Crippen LogP contribution is -2.75. The Morgan fingerprint density at radius 1 is 0.371 bits per heavy atom. The number of rotatable bonds is 6. The summed E-state index contributed by atoms with van der Waals surface area (Å²) in [7, 11) is -3.17. The zero-order chi connectivity index (χ0) is 46.7. The van der Waals surface area contributed by atoms with Crippen LogP contribution >= 0.6 is 0 Å². The Labute approximate surface area is 411 Å². The largest absolute Gasteiger partial charge is 0.458 e. The smallest absolute Gasteiger partial charge is 0.252 e. The van der Waals surface area contributed by atoms with Crippen LogP contribution in [0, 0.1) is 6.92 Å². The molecule has 0 saturated carbocycles. The monoisotopic (exact) mass is 910 g/mol. The fraction of sp³-hybridized carbons (Fsp3) is 0.108. The molecule has 0 fully saturated rings. The molecule has 0 atom stereocenters. The molecular formula is C65H48B2O2Si. The second kappa shape index (κ2) is 14.5. The molecule has 0 radical (unpaired) electrons. The quantitative estimate of drug-likeness (QED) is 0.0941. The van der Waals surface area contributed by atoms with Gasteiger partial charge in [0, 0.05) is 0 Å². The Morgan fingerprint density at radius 2 is 0.786 bits per heavy atom. The number of para-hydroxylation sites is 2. The van der Waals surface area contributed by atoms with Gasteiger partial charge in [0.25, 0.3) is 13.4 Å². The summed E-state index contributed by atoms with van der Waals surface area (Å²) >= 11 is 0. The zero-order valence-corrected chi connectivity index (χ0v) is 41.0. The van der Waals surface area contributed by atoms with Crippen LogP contribution in [0.5, 0.6) is 23.0 Å². The van der Waals surface area contributed by atoms with E-state index in [1.165, 1.54) is 125 Å². The van der Waals surface area contributed by atoms with Gasteiger partial charge in [-0.1, -0.05) is 202 Å². The Morgan fingerprint density at radius 3 is 1.26 bits per heavy atom. The summed E-state index contributed by atoms with van der Waals surface area (Å²) in [5, 5.41) is 13.7. The summed E-state index contributed by atoms with van der Waals surface area (Å²) in [6.07, 6.45) is 0. The van der Waals surface area contributed by atoms with Crippen molar-refractivity contribution in [3.05, 3.63) is 205 Å². The maximum absolute atomic E-state index is 7.07. The molecule has 0 aliphatic carbocycles. The number of hydrogen-bond acceptors (Lipinski definition) is 2. The lowest BCUT2D eigenvalue weighted by atomic mass is 9.32. The maximum Gasteiger partial charge on any atom is 0.252 e. The Bertz CT molecular complexity index is 3940. The molecule has 4 heterocycles. The highest BCUT2D eigenvalue weighted by Gasteiger charge is 2.48. The van der Waals surface area contributed by atoms with Crippen molar-refractivity contribution in [2.24, 2.45) is 0 Å². The first-order valence-electron chi connectivity index (χ1n) is 25.2. The van der Waals surface area contributed by atoms with Crippen molar-refractivity contribution in [2.45, 2.75) is 46.5 Å². The Hall–Kier alpha value is -7.59. The third kappa shape index (κ3) is 5.20. The van der Waals surface area contributed by atoms with Crippen molar-refractivity contribution < 1.29 is 9.47 Å². The minimum atomic E-state index is -3.17. The SMILES string of the molecule is Cc1cc2c3c(cc4c([Si](c5ccccc5)(c5ccccc5)c5ccccc5)cc5c6c(cc1c3c46)B1c3ccccc3Oc3cc(C(C)C)cc-5c31)B1c3ccccc3Oc3cc(C(C)C)cc-2c31. The highest BCUT2D eigenvalue weighted by molar-refractivity contribution is 7.21. The van der Waals surface area contributed by atoms with Gasteiger partial charge in [0.1, 0.15) is 23.0 Å². The molecule has 5 heteroatoms. The Kier molecular flexibility index (Phi) is 8.34. The zero-order valence-electron chi connectivity index (χ0n) is 40.0. The number of aryl methyl sites for hydroxylation is 1. The number of hydrogen-bond donors (Lipinski definition) is 0. The van der Waals surface area contributed by atoms with Gasteiger partial charge >= 0.3 is 0 Å². The van der Waals surface area contributed by atoms with Crippen molar-refractivity contribution in [3.63, 3.8) is 0 Å². The minimum Gasteiger partial charge on any atom is -0.458 e. The van der Waals surface area contributed by atoms with Crippen LogP contribution < -0.4 is 63.0 Å². The molecule has 70 heavy (non-hydrogen) atoms. The van der Waals surface area contributed by atoms with Gasteiger partial charge < -0.3 is 9.47 Å². The number of fused-ring (bicyclic) bond motifs is 8. The van der Waals surface area contributed by atoms with Crippen molar-refractivity contribution in [1.29, 1.82) is 0 Å². The van der Waals surface area contributed by atoms with Crippen LogP contribution in [0.3, 0.4) is 0 Å². The summed E-state index contributed by atoms with van der Waals surface area (Å²) in [5.41, 5.74) is 16.9. The average molecular weight is 911 g/mol. The first-order chi connectivity index (χ1) is 34.3. The van der Waals surface area contributed by atoms with Gasteiger partial charge in [-0.2, -0.15) is 0 Å². The second-order valence-electron chi connectivity index (χ2n) is 21.0. The van der Waals surface area contributed by atoms with E-state index in [4.69, 9.17) is 9.47 Å². The van der Waals surface area contributed by atoms with Gasteiger partial charge in [-0.3, -0.25) is 0 Å². The predicted molar refractivity (Wildman–Crippen MR) is 300 cm³/mol. The van der Waals surface area contributed by atoms with Crippen LogP contribution in [0.1, 0.15) is 56.2 Å². The van der Waals surface area contributed by atoms with E-state index in [-0.39, 0.29) is 13.4 Å². The van der Waals surface area contributed by atoms with Gasteiger partial charge in [0.15, 0.2) is 8.07 Å². The minimum absolute atomic E-state index is 0.00574. The van der Waals surface area contributed by atoms with Crippen LogP contribution in [-0.4, -0.2) is 21.5 Å². The van der Waals surface area contributed by atoms with E-state index in [1.807, 2.05) is 0 Å². The van der Waals surface area contributed by atoms with Gasteiger partial charge in [-0.05, 0) is 157 Å². The van der Waals surface area contributed by atoms with Crippen molar-refractivity contribution in [1.82, 2.24) is 0 Å². The standard InChI is InChI=1S/C65H48B2O2Si/c1-37(2)40-30-48-46-29-39(5)45-34-53-61-47(49-31-41(38(3)4)33-58-65(49)66(53)51-25-15-17-27-55(51)69-58)36-59(70(42-19-9-6-10-20-42,43-21-11-7-12-22-43)44-23-13-8-14-24-44)50-35-54(60(46)62(45)63(50)61)67-52-26-16-18-28-56(52)68-57(32-40)64(48)67/h6-38H,1-5H3. The van der Waals surface area contributed by atoms with E-state index in [0.717, 1.165) is 23.0 Å². The van der Waals surface area contributed by atoms with E-state index < -0.39 is 8.07 Å². The third-order valence-corrected chi connectivity index (χ3v) is 21.6. The van der Waals surface area contributed by atoms with Crippen LogP contribution in [0.15, 0.2) is 188 Å². The fourth-order valence-corrected chi connectivity index (χ4v) is 18.6.